The first-order chi connectivity index (χ1) is 7.77. The summed E-state index contributed by atoms with van der Waals surface area (Å²) in [6, 6.07) is -1.20. The summed E-state index contributed by atoms with van der Waals surface area (Å²) in [5.41, 5.74) is 0.202. The van der Waals surface area contributed by atoms with Gasteiger partial charge in [-0.05, 0) is 13.3 Å². The van der Waals surface area contributed by atoms with E-state index < -0.39 is 26.9 Å². The molecular weight excluding hydrogens is 268 g/mol. The zero-order valence-electron chi connectivity index (χ0n) is 9.18. The maximum atomic E-state index is 11.8. The van der Waals surface area contributed by atoms with Gasteiger partial charge in [0, 0.05) is 5.69 Å². The van der Waals surface area contributed by atoms with Crippen LogP contribution in [0, 0.1) is 6.92 Å². The minimum absolute atomic E-state index is 0.118. The summed E-state index contributed by atoms with van der Waals surface area (Å²) in [5, 5.41) is 8.76. The second-order valence-electron chi connectivity index (χ2n) is 3.35. The number of rotatable bonds is 5. The van der Waals surface area contributed by atoms with Crippen LogP contribution in [-0.4, -0.2) is 30.5 Å². The fraction of sp³-hybridized carbons (Fsp3) is 0.500. The SMILES string of the molecule is CCC(NS(=O)(=O)c1sc(=O)[nH]c1C)C(=O)O. The Balaban J connectivity index is 3.08. The maximum absolute atomic E-state index is 11.8. The molecule has 0 bridgehead atoms. The van der Waals surface area contributed by atoms with Gasteiger partial charge in [0.1, 0.15) is 6.04 Å². The first-order valence-electron chi connectivity index (χ1n) is 4.72. The Morgan fingerprint density at radius 2 is 2.18 bits per heavy atom. The van der Waals surface area contributed by atoms with Gasteiger partial charge in [0.15, 0.2) is 4.21 Å². The lowest BCUT2D eigenvalue weighted by atomic mass is 10.2. The van der Waals surface area contributed by atoms with E-state index >= 15 is 0 Å². The van der Waals surface area contributed by atoms with Crippen LogP contribution < -0.4 is 9.60 Å². The lowest BCUT2D eigenvalue weighted by Gasteiger charge is -2.11. The molecule has 1 heterocycles. The summed E-state index contributed by atoms with van der Waals surface area (Å²) < 4.78 is 25.5. The number of carboxylic acid groups (broad SMARTS) is 1. The molecule has 0 radical (unpaired) electrons. The molecule has 0 saturated heterocycles. The molecule has 96 valence electrons. The number of aryl methyl sites for hydroxylation is 1. The van der Waals surface area contributed by atoms with Crippen molar-refractivity contribution in [2.45, 2.75) is 30.5 Å². The highest BCUT2D eigenvalue weighted by molar-refractivity contribution is 7.91. The van der Waals surface area contributed by atoms with E-state index in [1.54, 1.807) is 6.92 Å². The number of sulfonamides is 1. The topological polar surface area (TPSA) is 116 Å². The zero-order chi connectivity index (χ0) is 13.2. The number of H-pyrrole nitrogens is 1. The van der Waals surface area contributed by atoms with Gasteiger partial charge in [-0.25, -0.2) is 8.42 Å². The molecule has 17 heavy (non-hydrogen) atoms. The van der Waals surface area contributed by atoms with Crippen LogP contribution in [-0.2, 0) is 14.8 Å². The van der Waals surface area contributed by atoms with Crippen LogP contribution >= 0.6 is 11.3 Å². The summed E-state index contributed by atoms with van der Waals surface area (Å²) in [4.78, 5) is 23.6. The lowest BCUT2D eigenvalue weighted by Crippen LogP contribution is -2.40. The highest BCUT2D eigenvalue weighted by Gasteiger charge is 2.26. The molecule has 9 heteroatoms. The Bertz CT molecular complexity index is 571. The Morgan fingerprint density at radius 3 is 2.53 bits per heavy atom. The van der Waals surface area contributed by atoms with E-state index in [0.29, 0.717) is 11.3 Å². The van der Waals surface area contributed by atoms with E-state index in [1.807, 2.05) is 4.72 Å². The molecule has 0 fully saturated rings. The van der Waals surface area contributed by atoms with Crippen molar-refractivity contribution >= 4 is 27.3 Å². The number of aromatic amines is 1. The molecule has 1 unspecified atom stereocenters. The fourth-order valence-corrected chi connectivity index (χ4v) is 3.79. The van der Waals surface area contributed by atoms with Crippen LogP contribution in [0.1, 0.15) is 19.0 Å². The summed E-state index contributed by atoms with van der Waals surface area (Å²) >= 11 is 0.531. The van der Waals surface area contributed by atoms with Gasteiger partial charge in [-0.1, -0.05) is 18.3 Å². The smallest absolute Gasteiger partial charge is 0.321 e. The number of carboxylic acids is 1. The first kappa shape index (κ1) is 13.9. The first-order valence-corrected chi connectivity index (χ1v) is 7.02. The van der Waals surface area contributed by atoms with Crippen molar-refractivity contribution in [1.29, 1.82) is 0 Å². The molecule has 0 aliphatic heterocycles. The number of hydrogen-bond acceptors (Lipinski definition) is 5. The van der Waals surface area contributed by atoms with Gasteiger partial charge < -0.3 is 10.1 Å². The number of aliphatic carboxylic acids is 1. The molecular formula is C8H12N2O5S2. The Labute approximate surface area is 102 Å². The monoisotopic (exact) mass is 280 g/mol. The molecule has 0 aromatic carbocycles. The molecule has 0 spiro atoms. The molecule has 0 saturated carbocycles. The Hall–Kier alpha value is -1.19. The predicted molar refractivity (Wildman–Crippen MR) is 61.7 cm³/mol. The summed E-state index contributed by atoms with van der Waals surface area (Å²) in [6.07, 6.45) is 0.118. The molecule has 0 aliphatic rings. The Morgan fingerprint density at radius 1 is 1.59 bits per heavy atom. The minimum atomic E-state index is -3.97. The molecule has 0 amide bonds. The van der Waals surface area contributed by atoms with Crippen molar-refractivity contribution in [2.24, 2.45) is 0 Å². The van der Waals surface area contributed by atoms with Gasteiger partial charge in [-0.2, -0.15) is 4.72 Å². The number of aromatic nitrogens is 1. The largest absolute Gasteiger partial charge is 0.480 e. The fourth-order valence-electron chi connectivity index (χ4n) is 1.20. The van der Waals surface area contributed by atoms with Crippen molar-refractivity contribution in [1.82, 2.24) is 9.71 Å². The molecule has 1 aromatic heterocycles. The van der Waals surface area contributed by atoms with E-state index in [-0.39, 0.29) is 16.3 Å². The highest BCUT2D eigenvalue weighted by atomic mass is 32.2. The average Bonchev–Trinajstić information content (AvgIpc) is 2.54. The lowest BCUT2D eigenvalue weighted by molar-refractivity contribution is -0.139. The van der Waals surface area contributed by atoms with E-state index in [9.17, 15) is 18.0 Å². The molecule has 7 nitrogen and oxygen atoms in total. The van der Waals surface area contributed by atoms with Crippen LogP contribution in [0.15, 0.2) is 9.00 Å². The van der Waals surface area contributed by atoms with Crippen molar-refractivity contribution in [3.05, 3.63) is 15.4 Å². The second kappa shape index (κ2) is 4.98. The van der Waals surface area contributed by atoms with Crippen LogP contribution in [0.5, 0.6) is 0 Å². The Kier molecular flexibility index (Phi) is 4.07. The second-order valence-corrected chi connectivity index (χ2v) is 6.24. The van der Waals surface area contributed by atoms with Crippen molar-refractivity contribution in [3.8, 4) is 0 Å². The van der Waals surface area contributed by atoms with Crippen LogP contribution in [0.4, 0.5) is 0 Å². The number of thiazole rings is 1. The average molecular weight is 280 g/mol. The minimum Gasteiger partial charge on any atom is -0.480 e. The molecule has 1 atom stereocenters. The molecule has 1 aromatic rings. The van der Waals surface area contributed by atoms with Crippen molar-refractivity contribution in [2.75, 3.05) is 0 Å². The van der Waals surface area contributed by atoms with E-state index in [4.69, 9.17) is 5.11 Å². The predicted octanol–water partition coefficient (Wildman–Crippen LogP) is -0.114. The third kappa shape index (κ3) is 3.14. The van der Waals surface area contributed by atoms with Crippen LogP contribution in [0.2, 0.25) is 0 Å². The van der Waals surface area contributed by atoms with Gasteiger partial charge >= 0.3 is 10.8 Å². The van der Waals surface area contributed by atoms with E-state index in [1.165, 1.54) is 6.92 Å². The third-order valence-electron chi connectivity index (χ3n) is 2.03. The number of carbonyl (C=O) groups is 1. The highest BCUT2D eigenvalue weighted by Crippen LogP contribution is 2.16. The van der Waals surface area contributed by atoms with Gasteiger partial charge in [-0.3, -0.25) is 9.59 Å². The van der Waals surface area contributed by atoms with Gasteiger partial charge in [-0.15, -0.1) is 0 Å². The quantitative estimate of drug-likeness (QED) is 0.695. The molecule has 1 rings (SSSR count). The van der Waals surface area contributed by atoms with Crippen LogP contribution in [0.25, 0.3) is 0 Å². The van der Waals surface area contributed by atoms with Crippen molar-refractivity contribution < 1.29 is 18.3 Å². The van der Waals surface area contributed by atoms with E-state index in [0.717, 1.165) is 0 Å². The van der Waals surface area contributed by atoms with Crippen molar-refractivity contribution in [3.63, 3.8) is 0 Å². The maximum Gasteiger partial charge on any atom is 0.321 e. The third-order valence-corrected chi connectivity index (χ3v) is 5.11. The van der Waals surface area contributed by atoms with Gasteiger partial charge in [0.25, 0.3) is 10.0 Å². The zero-order valence-corrected chi connectivity index (χ0v) is 10.8. The summed E-state index contributed by atoms with van der Waals surface area (Å²) in [7, 11) is -3.97. The van der Waals surface area contributed by atoms with Gasteiger partial charge in [0.05, 0.1) is 0 Å². The van der Waals surface area contributed by atoms with Crippen LogP contribution in [0.3, 0.4) is 0 Å². The van der Waals surface area contributed by atoms with E-state index in [2.05, 4.69) is 4.98 Å². The van der Waals surface area contributed by atoms with Gasteiger partial charge in [0.2, 0.25) is 0 Å². The molecule has 0 aliphatic carbocycles. The normalized spacial score (nSPS) is 13.5. The summed E-state index contributed by atoms with van der Waals surface area (Å²) in [6.45, 7) is 2.99. The standard InChI is InChI=1S/C8H12N2O5S2/c1-3-5(6(11)12)10-17(14,15)7-4(2)9-8(13)16-7/h5,10H,3H2,1-2H3,(H,9,13)(H,11,12). The summed E-state index contributed by atoms with van der Waals surface area (Å²) in [5.74, 6) is -1.25. The number of hydrogen-bond donors (Lipinski definition) is 3. The number of nitrogens with one attached hydrogen (secondary N) is 2. The molecule has 3 N–H and O–H groups in total.